The second-order valence-corrected chi connectivity index (χ2v) is 8.38. The lowest BCUT2D eigenvalue weighted by atomic mass is 10.1. The maximum Gasteiger partial charge on any atom is 0.0464 e. The standard InChI is InChI=1S/C16H20BrNS2/c1-2-7-18-13(10-15-12(17)6-8-19-15)16-9-11-4-3-5-14(11)20-16/h6,8-9,13,18H,2-5,7,10H2,1H3. The average molecular weight is 370 g/mol. The molecule has 0 spiro atoms. The third kappa shape index (κ3) is 3.19. The number of nitrogens with one attached hydrogen (secondary N) is 1. The molecule has 108 valence electrons. The molecule has 0 saturated heterocycles. The topological polar surface area (TPSA) is 12.0 Å². The van der Waals surface area contributed by atoms with Gasteiger partial charge in [0.15, 0.2) is 0 Å². The van der Waals surface area contributed by atoms with Gasteiger partial charge in [-0.05, 0) is 71.2 Å². The van der Waals surface area contributed by atoms with E-state index in [1.54, 1.807) is 10.4 Å². The van der Waals surface area contributed by atoms with Crippen molar-refractivity contribution < 1.29 is 0 Å². The van der Waals surface area contributed by atoms with E-state index in [-0.39, 0.29) is 0 Å². The van der Waals surface area contributed by atoms with Crippen LogP contribution in [0.3, 0.4) is 0 Å². The van der Waals surface area contributed by atoms with Gasteiger partial charge in [-0.1, -0.05) is 6.92 Å². The van der Waals surface area contributed by atoms with Gasteiger partial charge in [-0.2, -0.15) is 0 Å². The van der Waals surface area contributed by atoms with E-state index in [1.807, 2.05) is 22.7 Å². The molecular formula is C16H20BrNS2. The third-order valence-corrected chi connectivity index (χ3v) is 7.13. The highest BCUT2D eigenvalue weighted by Gasteiger charge is 2.21. The molecule has 0 aliphatic heterocycles. The van der Waals surface area contributed by atoms with Gasteiger partial charge in [0.2, 0.25) is 0 Å². The van der Waals surface area contributed by atoms with Gasteiger partial charge in [-0.3, -0.25) is 0 Å². The van der Waals surface area contributed by atoms with Crippen LogP contribution in [0.2, 0.25) is 0 Å². The fourth-order valence-electron chi connectivity index (χ4n) is 2.77. The van der Waals surface area contributed by atoms with Crippen LogP contribution in [-0.2, 0) is 19.3 Å². The van der Waals surface area contributed by atoms with Gasteiger partial charge >= 0.3 is 0 Å². The van der Waals surface area contributed by atoms with Crippen LogP contribution in [0.5, 0.6) is 0 Å². The average Bonchev–Trinajstić information content (AvgIpc) is 3.10. The first-order valence-electron chi connectivity index (χ1n) is 7.34. The fourth-order valence-corrected chi connectivity index (χ4v) is 5.67. The highest BCUT2D eigenvalue weighted by atomic mass is 79.9. The van der Waals surface area contributed by atoms with Crippen LogP contribution in [0, 0.1) is 0 Å². The Hall–Kier alpha value is -0.160. The Kier molecular flexibility index (Phi) is 4.97. The molecule has 2 heterocycles. The zero-order valence-electron chi connectivity index (χ0n) is 11.7. The molecule has 0 aromatic carbocycles. The number of rotatable bonds is 6. The molecule has 0 radical (unpaired) electrons. The Morgan fingerprint density at radius 2 is 2.30 bits per heavy atom. The van der Waals surface area contributed by atoms with Crippen LogP contribution < -0.4 is 5.32 Å². The number of fused-ring (bicyclic) bond motifs is 1. The molecule has 4 heteroatoms. The zero-order chi connectivity index (χ0) is 13.9. The van der Waals surface area contributed by atoms with E-state index >= 15 is 0 Å². The summed E-state index contributed by atoms with van der Waals surface area (Å²) in [5.74, 6) is 0. The van der Waals surface area contributed by atoms with E-state index in [0.29, 0.717) is 6.04 Å². The Balaban J connectivity index is 1.79. The van der Waals surface area contributed by atoms with Gasteiger partial charge in [-0.15, -0.1) is 22.7 Å². The minimum Gasteiger partial charge on any atom is -0.309 e. The van der Waals surface area contributed by atoms with Crippen molar-refractivity contribution in [1.29, 1.82) is 0 Å². The van der Waals surface area contributed by atoms with Crippen molar-refractivity contribution in [2.24, 2.45) is 0 Å². The summed E-state index contributed by atoms with van der Waals surface area (Å²) in [4.78, 5) is 4.61. The summed E-state index contributed by atoms with van der Waals surface area (Å²) in [5.41, 5.74) is 1.61. The third-order valence-electron chi connectivity index (χ3n) is 3.83. The quantitative estimate of drug-likeness (QED) is 0.723. The van der Waals surface area contributed by atoms with Crippen molar-refractivity contribution in [2.45, 2.75) is 45.1 Å². The summed E-state index contributed by atoms with van der Waals surface area (Å²) in [6.45, 7) is 3.33. The summed E-state index contributed by atoms with van der Waals surface area (Å²) in [6, 6.07) is 5.09. The summed E-state index contributed by atoms with van der Waals surface area (Å²) in [5, 5.41) is 5.91. The fraction of sp³-hybridized carbons (Fsp3) is 0.500. The zero-order valence-corrected chi connectivity index (χ0v) is 15.0. The second-order valence-electron chi connectivity index (χ2n) is 5.35. The number of thiophene rings is 2. The normalized spacial score (nSPS) is 15.5. The molecule has 3 rings (SSSR count). The number of aryl methyl sites for hydroxylation is 2. The predicted molar refractivity (Wildman–Crippen MR) is 93.1 cm³/mol. The Morgan fingerprint density at radius 1 is 1.40 bits per heavy atom. The summed E-state index contributed by atoms with van der Waals surface area (Å²) in [6.07, 6.45) is 6.22. The van der Waals surface area contributed by atoms with Crippen molar-refractivity contribution in [3.05, 3.63) is 42.2 Å². The van der Waals surface area contributed by atoms with Crippen molar-refractivity contribution in [1.82, 2.24) is 5.32 Å². The highest BCUT2D eigenvalue weighted by Crippen LogP contribution is 2.36. The van der Waals surface area contributed by atoms with Gasteiger partial charge in [0.25, 0.3) is 0 Å². The van der Waals surface area contributed by atoms with Crippen LogP contribution in [-0.4, -0.2) is 6.54 Å². The first kappa shape index (κ1) is 14.8. The van der Waals surface area contributed by atoms with Crippen molar-refractivity contribution in [3.8, 4) is 0 Å². The Morgan fingerprint density at radius 3 is 3.00 bits per heavy atom. The Bertz CT molecular complexity index is 551. The molecule has 0 fully saturated rings. The van der Waals surface area contributed by atoms with Crippen LogP contribution in [0.15, 0.2) is 22.0 Å². The van der Waals surface area contributed by atoms with Crippen LogP contribution in [0.25, 0.3) is 0 Å². The van der Waals surface area contributed by atoms with E-state index in [9.17, 15) is 0 Å². The van der Waals surface area contributed by atoms with E-state index in [2.05, 4.69) is 45.7 Å². The molecule has 1 aliphatic carbocycles. The largest absolute Gasteiger partial charge is 0.309 e. The predicted octanol–water partition coefficient (Wildman–Crippen LogP) is 5.34. The van der Waals surface area contributed by atoms with E-state index < -0.39 is 0 Å². The maximum absolute atomic E-state index is 3.74. The van der Waals surface area contributed by atoms with Crippen molar-refractivity contribution >= 4 is 38.6 Å². The first-order chi connectivity index (χ1) is 9.78. The molecule has 1 unspecified atom stereocenters. The summed E-state index contributed by atoms with van der Waals surface area (Å²) < 4.78 is 1.26. The molecule has 1 N–H and O–H groups in total. The van der Waals surface area contributed by atoms with Gasteiger partial charge in [0, 0.05) is 31.6 Å². The molecular weight excluding hydrogens is 350 g/mol. The van der Waals surface area contributed by atoms with Gasteiger partial charge in [0.05, 0.1) is 0 Å². The van der Waals surface area contributed by atoms with E-state index in [1.165, 1.54) is 39.9 Å². The SMILES string of the molecule is CCCNC(Cc1sccc1Br)c1cc2c(s1)CCC2. The highest BCUT2D eigenvalue weighted by molar-refractivity contribution is 9.10. The Labute approximate surface area is 137 Å². The summed E-state index contributed by atoms with van der Waals surface area (Å²) in [7, 11) is 0. The molecule has 20 heavy (non-hydrogen) atoms. The van der Waals surface area contributed by atoms with E-state index in [0.717, 1.165) is 13.0 Å². The lowest BCUT2D eigenvalue weighted by Crippen LogP contribution is -2.23. The number of halogens is 1. The molecule has 0 amide bonds. The molecule has 2 aromatic rings. The number of hydrogen-bond donors (Lipinski definition) is 1. The lowest BCUT2D eigenvalue weighted by molar-refractivity contribution is 0.539. The maximum atomic E-state index is 3.74. The molecule has 2 aromatic heterocycles. The number of hydrogen-bond acceptors (Lipinski definition) is 3. The molecule has 0 saturated carbocycles. The molecule has 1 nitrogen and oxygen atoms in total. The first-order valence-corrected chi connectivity index (χ1v) is 9.83. The minimum absolute atomic E-state index is 0.473. The molecule has 1 aliphatic rings. The molecule has 0 bridgehead atoms. The van der Waals surface area contributed by atoms with Gasteiger partial charge < -0.3 is 5.32 Å². The van der Waals surface area contributed by atoms with Crippen molar-refractivity contribution in [2.75, 3.05) is 6.54 Å². The van der Waals surface area contributed by atoms with E-state index in [4.69, 9.17) is 0 Å². The lowest BCUT2D eigenvalue weighted by Gasteiger charge is -2.17. The summed E-state index contributed by atoms with van der Waals surface area (Å²) >= 11 is 7.56. The van der Waals surface area contributed by atoms with Crippen LogP contribution in [0.1, 0.15) is 46.0 Å². The van der Waals surface area contributed by atoms with Crippen LogP contribution in [0.4, 0.5) is 0 Å². The minimum atomic E-state index is 0.473. The van der Waals surface area contributed by atoms with Crippen molar-refractivity contribution in [3.63, 3.8) is 0 Å². The molecule has 1 atom stereocenters. The van der Waals surface area contributed by atoms with Crippen LogP contribution >= 0.6 is 38.6 Å². The van der Waals surface area contributed by atoms with Gasteiger partial charge in [0.1, 0.15) is 0 Å². The van der Waals surface area contributed by atoms with Gasteiger partial charge in [-0.25, -0.2) is 0 Å². The smallest absolute Gasteiger partial charge is 0.0464 e. The second kappa shape index (κ2) is 6.73. The monoisotopic (exact) mass is 369 g/mol.